The van der Waals surface area contributed by atoms with Gasteiger partial charge in [0.15, 0.2) is 20.0 Å². The third kappa shape index (κ3) is 3.61. The number of benzene rings is 1. The minimum absolute atomic E-state index is 0.0209. The first kappa shape index (κ1) is 16.3. The molecule has 0 aliphatic rings. The van der Waals surface area contributed by atoms with Crippen molar-refractivity contribution in [2.75, 3.05) is 0 Å². The molecule has 0 bridgehead atoms. The maximum atomic E-state index is 13.8. The van der Waals surface area contributed by atoms with Crippen LogP contribution in [0.1, 0.15) is 31.9 Å². The lowest BCUT2D eigenvalue weighted by atomic mass is 10.1. The van der Waals surface area contributed by atoms with Crippen LogP contribution in [-0.2, 0) is 17.6 Å². The topological polar surface area (TPSA) is 29.5 Å². The third-order valence-electron chi connectivity index (χ3n) is 3.81. The summed E-state index contributed by atoms with van der Waals surface area (Å²) >= 11 is 0. The summed E-state index contributed by atoms with van der Waals surface area (Å²) in [7, 11) is -1.99. The van der Waals surface area contributed by atoms with E-state index in [9.17, 15) is 8.78 Å². The molecule has 0 saturated heterocycles. The fraction of sp³-hybridized carbons (Fsp3) is 0.571. The van der Waals surface area contributed by atoms with Gasteiger partial charge in [0.05, 0.1) is 13.2 Å². The van der Waals surface area contributed by atoms with E-state index in [-0.39, 0.29) is 22.8 Å². The van der Waals surface area contributed by atoms with Crippen molar-refractivity contribution in [3.63, 3.8) is 0 Å². The standard InChI is InChI=1S/C14H22F2O2Si/c1-14(2,3)19(4,5)18-9-11-7-6-10(8-17)12(15)13(11)16/h6-7,17H,8-9H2,1-5H3. The summed E-state index contributed by atoms with van der Waals surface area (Å²) in [4.78, 5) is 0. The summed E-state index contributed by atoms with van der Waals surface area (Å²) in [5.74, 6) is -1.91. The molecule has 5 heteroatoms. The van der Waals surface area contributed by atoms with E-state index in [1.54, 1.807) is 0 Å². The number of aliphatic hydroxyl groups excluding tert-OH is 1. The van der Waals surface area contributed by atoms with E-state index in [1.807, 2.05) is 0 Å². The van der Waals surface area contributed by atoms with E-state index >= 15 is 0 Å². The highest BCUT2D eigenvalue weighted by Gasteiger charge is 2.37. The molecule has 1 rings (SSSR count). The van der Waals surface area contributed by atoms with E-state index < -0.39 is 26.6 Å². The van der Waals surface area contributed by atoms with Crippen LogP contribution in [0.2, 0.25) is 18.1 Å². The third-order valence-corrected chi connectivity index (χ3v) is 8.29. The van der Waals surface area contributed by atoms with Gasteiger partial charge >= 0.3 is 0 Å². The van der Waals surface area contributed by atoms with Gasteiger partial charge in [0.25, 0.3) is 0 Å². The van der Waals surface area contributed by atoms with Gasteiger partial charge in [-0.2, -0.15) is 0 Å². The van der Waals surface area contributed by atoms with Gasteiger partial charge < -0.3 is 9.53 Å². The number of rotatable bonds is 4. The van der Waals surface area contributed by atoms with Crippen molar-refractivity contribution >= 4 is 8.32 Å². The van der Waals surface area contributed by atoms with Gasteiger partial charge in [-0.3, -0.25) is 0 Å². The molecule has 1 aromatic carbocycles. The number of hydrogen-bond donors (Lipinski definition) is 1. The highest BCUT2D eigenvalue weighted by molar-refractivity contribution is 6.74. The summed E-state index contributed by atoms with van der Waals surface area (Å²) in [5, 5.41) is 8.89. The van der Waals surface area contributed by atoms with Crippen LogP contribution in [0.4, 0.5) is 8.78 Å². The van der Waals surface area contributed by atoms with Crippen molar-refractivity contribution in [3.8, 4) is 0 Å². The Hall–Kier alpha value is -0.783. The maximum Gasteiger partial charge on any atom is 0.192 e. The maximum absolute atomic E-state index is 13.8. The van der Waals surface area contributed by atoms with E-state index in [2.05, 4.69) is 33.9 Å². The van der Waals surface area contributed by atoms with Gasteiger partial charge in [0.2, 0.25) is 0 Å². The monoisotopic (exact) mass is 288 g/mol. The van der Waals surface area contributed by atoms with Crippen LogP contribution in [0.15, 0.2) is 12.1 Å². The van der Waals surface area contributed by atoms with Crippen LogP contribution < -0.4 is 0 Å². The predicted molar refractivity (Wildman–Crippen MR) is 74.3 cm³/mol. The minimum Gasteiger partial charge on any atom is -0.412 e. The van der Waals surface area contributed by atoms with Crippen molar-refractivity contribution < 1.29 is 18.3 Å². The summed E-state index contributed by atoms with van der Waals surface area (Å²) in [6.45, 7) is 9.94. The van der Waals surface area contributed by atoms with E-state index in [0.29, 0.717) is 0 Å². The molecule has 108 valence electrons. The molecule has 1 N–H and O–H groups in total. The molecule has 0 aromatic heterocycles. The Labute approximate surface area is 114 Å². The Balaban J connectivity index is 2.88. The van der Waals surface area contributed by atoms with Crippen LogP contribution >= 0.6 is 0 Å². The molecule has 0 aliphatic carbocycles. The Kier molecular flexibility index (Phi) is 4.87. The van der Waals surface area contributed by atoms with Crippen molar-refractivity contribution in [2.45, 2.75) is 52.1 Å². The smallest absolute Gasteiger partial charge is 0.192 e. The van der Waals surface area contributed by atoms with Crippen LogP contribution in [0.3, 0.4) is 0 Å². The van der Waals surface area contributed by atoms with Crippen LogP contribution in [0, 0.1) is 11.6 Å². The van der Waals surface area contributed by atoms with Crippen molar-refractivity contribution in [3.05, 3.63) is 34.9 Å². The second-order valence-electron chi connectivity index (χ2n) is 6.22. The quantitative estimate of drug-likeness (QED) is 0.849. The fourth-order valence-electron chi connectivity index (χ4n) is 1.34. The molecule has 0 amide bonds. The molecule has 0 aliphatic heterocycles. The summed E-state index contributed by atoms with van der Waals surface area (Å²) in [6.07, 6.45) is 0. The van der Waals surface area contributed by atoms with Crippen LogP contribution in [0.5, 0.6) is 0 Å². The Morgan fingerprint density at radius 3 is 2.05 bits per heavy atom. The van der Waals surface area contributed by atoms with Gasteiger partial charge in [-0.1, -0.05) is 32.9 Å². The van der Waals surface area contributed by atoms with Crippen molar-refractivity contribution in [2.24, 2.45) is 0 Å². The zero-order valence-corrected chi connectivity index (χ0v) is 13.2. The normalized spacial score (nSPS) is 12.8. The zero-order chi connectivity index (χ0) is 14.8. The number of aliphatic hydroxyl groups is 1. The minimum atomic E-state index is -1.99. The molecule has 2 nitrogen and oxygen atoms in total. The average Bonchev–Trinajstić information content (AvgIpc) is 2.29. The second-order valence-corrected chi connectivity index (χ2v) is 11.0. The van der Waals surface area contributed by atoms with E-state index in [1.165, 1.54) is 12.1 Å². The molecule has 0 unspecified atom stereocenters. The largest absolute Gasteiger partial charge is 0.412 e. The molecular formula is C14H22F2O2Si. The van der Waals surface area contributed by atoms with Gasteiger partial charge in [0, 0.05) is 11.1 Å². The van der Waals surface area contributed by atoms with E-state index in [0.717, 1.165) is 0 Å². The molecule has 0 saturated carbocycles. The lowest BCUT2D eigenvalue weighted by Gasteiger charge is -2.36. The first-order valence-corrected chi connectivity index (χ1v) is 9.21. The first-order valence-electron chi connectivity index (χ1n) is 6.30. The Morgan fingerprint density at radius 2 is 1.58 bits per heavy atom. The van der Waals surface area contributed by atoms with Gasteiger partial charge in [-0.25, -0.2) is 8.78 Å². The van der Waals surface area contributed by atoms with Crippen LogP contribution in [-0.4, -0.2) is 13.4 Å². The molecule has 0 spiro atoms. The van der Waals surface area contributed by atoms with Crippen molar-refractivity contribution in [1.29, 1.82) is 0 Å². The van der Waals surface area contributed by atoms with Gasteiger partial charge in [-0.15, -0.1) is 0 Å². The predicted octanol–water partition coefficient (Wildman–Crippen LogP) is 3.98. The van der Waals surface area contributed by atoms with Crippen LogP contribution in [0.25, 0.3) is 0 Å². The lowest BCUT2D eigenvalue weighted by Crippen LogP contribution is -2.40. The number of halogens is 2. The second kappa shape index (κ2) is 5.69. The fourth-order valence-corrected chi connectivity index (χ4v) is 2.29. The molecular weight excluding hydrogens is 266 g/mol. The summed E-state index contributed by atoms with van der Waals surface area (Å²) in [6, 6.07) is 2.86. The Bertz CT molecular complexity index is 453. The van der Waals surface area contributed by atoms with Gasteiger partial charge in [0.1, 0.15) is 0 Å². The zero-order valence-electron chi connectivity index (χ0n) is 12.2. The molecule has 0 fully saturated rings. The van der Waals surface area contributed by atoms with Crippen molar-refractivity contribution in [1.82, 2.24) is 0 Å². The molecule has 19 heavy (non-hydrogen) atoms. The first-order chi connectivity index (χ1) is 8.60. The summed E-state index contributed by atoms with van der Waals surface area (Å²) < 4.78 is 33.2. The highest BCUT2D eigenvalue weighted by Crippen LogP contribution is 2.37. The molecule has 1 aromatic rings. The number of hydrogen-bond acceptors (Lipinski definition) is 2. The average molecular weight is 288 g/mol. The molecule has 0 atom stereocenters. The SMILES string of the molecule is CC(C)(C)[Si](C)(C)OCc1ccc(CO)c(F)c1F. The van der Waals surface area contributed by atoms with E-state index in [4.69, 9.17) is 9.53 Å². The summed E-state index contributed by atoms with van der Waals surface area (Å²) in [5.41, 5.74) is 0.160. The highest BCUT2D eigenvalue weighted by atomic mass is 28.4. The Morgan fingerprint density at radius 1 is 1.11 bits per heavy atom. The molecule has 0 heterocycles. The van der Waals surface area contributed by atoms with Gasteiger partial charge in [-0.05, 0) is 18.1 Å². The lowest BCUT2D eigenvalue weighted by molar-refractivity contribution is 0.262. The molecule has 0 radical (unpaired) electrons.